The molecule has 0 amide bonds. The van der Waals surface area contributed by atoms with Gasteiger partial charge in [-0.05, 0) is 27.6 Å². The summed E-state index contributed by atoms with van der Waals surface area (Å²) in [6.45, 7) is 11.3. The van der Waals surface area contributed by atoms with Crippen molar-refractivity contribution in [3.8, 4) is 0 Å². The Hall–Kier alpha value is -0.0800. The summed E-state index contributed by atoms with van der Waals surface area (Å²) in [5, 5.41) is 3.24. The fourth-order valence-electron chi connectivity index (χ4n) is 0.865. The van der Waals surface area contributed by atoms with Crippen molar-refractivity contribution in [1.82, 2.24) is 10.2 Å². The van der Waals surface area contributed by atoms with Gasteiger partial charge in [0.05, 0.1) is 0 Å². The Morgan fingerprint density at radius 2 is 1.46 bits per heavy atom. The molecule has 0 aromatic rings. The number of nitrogens with zero attached hydrogens (tertiary/aromatic N) is 1. The molecule has 1 atom stereocenters. The maximum Gasteiger partial charge on any atom is 0.0189 e. The largest absolute Gasteiger partial charge is 0.316 e. The molecule has 84 valence electrons. The number of rotatable bonds is 4. The minimum atomic E-state index is 0.653. The standard InChI is InChI=1S/C7H18N2.2C2H6/c1-5-7(8-2)6-9(3)4;2*1-2/h7-8H,5-6H2,1-4H3;2*1-2H3. The molecule has 0 aliphatic carbocycles. The molecule has 0 bridgehead atoms. The number of hydrogen-bond donors (Lipinski definition) is 1. The number of nitrogens with one attached hydrogen (secondary N) is 1. The Labute approximate surface area is 85.7 Å². The minimum absolute atomic E-state index is 0.653. The van der Waals surface area contributed by atoms with E-state index in [0.29, 0.717) is 6.04 Å². The summed E-state index contributed by atoms with van der Waals surface area (Å²) >= 11 is 0. The lowest BCUT2D eigenvalue weighted by molar-refractivity contribution is 0.343. The topological polar surface area (TPSA) is 15.3 Å². The first kappa shape index (κ1) is 18.7. The second-order valence-electron chi connectivity index (χ2n) is 2.66. The monoisotopic (exact) mass is 190 g/mol. The maximum absolute atomic E-state index is 3.24. The van der Waals surface area contributed by atoms with Crippen LogP contribution in [0.25, 0.3) is 0 Å². The van der Waals surface area contributed by atoms with E-state index in [0.717, 1.165) is 6.54 Å². The highest BCUT2D eigenvalue weighted by molar-refractivity contribution is 4.63. The second-order valence-corrected chi connectivity index (χ2v) is 2.66. The first-order valence-electron chi connectivity index (χ1n) is 5.52. The molecule has 0 radical (unpaired) electrons. The van der Waals surface area contributed by atoms with Gasteiger partial charge in [-0.3, -0.25) is 0 Å². The Morgan fingerprint density at radius 3 is 1.54 bits per heavy atom. The van der Waals surface area contributed by atoms with Gasteiger partial charge in [0.1, 0.15) is 0 Å². The lowest BCUT2D eigenvalue weighted by Gasteiger charge is -2.18. The van der Waals surface area contributed by atoms with Crippen molar-refractivity contribution in [3.63, 3.8) is 0 Å². The average Bonchev–Trinajstić information content (AvgIpc) is 2.20. The average molecular weight is 190 g/mol. The van der Waals surface area contributed by atoms with Crippen molar-refractivity contribution in [3.05, 3.63) is 0 Å². The SMILES string of the molecule is CC.CC.CCC(CN(C)C)NC. The van der Waals surface area contributed by atoms with Crippen LogP contribution in [0.2, 0.25) is 0 Å². The van der Waals surface area contributed by atoms with Gasteiger partial charge in [-0.2, -0.15) is 0 Å². The molecule has 0 saturated heterocycles. The van der Waals surface area contributed by atoms with Crippen LogP contribution >= 0.6 is 0 Å². The summed E-state index contributed by atoms with van der Waals surface area (Å²) in [5.74, 6) is 0. The van der Waals surface area contributed by atoms with Gasteiger partial charge in [-0.25, -0.2) is 0 Å². The summed E-state index contributed by atoms with van der Waals surface area (Å²) in [4.78, 5) is 2.20. The van der Waals surface area contributed by atoms with Gasteiger partial charge in [-0.15, -0.1) is 0 Å². The first-order valence-corrected chi connectivity index (χ1v) is 5.52. The van der Waals surface area contributed by atoms with Crippen LogP contribution in [-0.4, -0.2) is 38.6 Å². The van der Waals surface area contributed by atoms with Crippen LogP contribution in [0.4, 0.5) is 0 Å². The molecular weight excluding hydrogens is 160 g/mol. The Morgan fingerprint density at radius 1 is 1.08 bits per heavy atom. The Balaban J connectivity index is -0.000000218. The number of hydrogen-bond acceptors (Lipinski definition) is 2. The smallest absolute Gasteiger partial charge is 0.0189 e. The van der Waals surface area contributed by atoms with Gasteiger partial charge in [0.25, 0.3) is 0 Å². The zero-order valence-corrected chi connectivity index (χ0v) is 10.9. The normalized spacial score (nSPS) is 10.8. The molecule has 0 saturated carbocycles. The van der Waals surface area contributed by atoms with Gasteiger partial charge in [-0.1, -0.05) is 34.6 Å². The van der Waals surface area contributed by atoms with Crippen molar-refractivity contribution in [2.75, 3.05) is 27.7 Å². The fourth-order valence-corrected chi connectivity index (χ4v) is 0.865. The zero-order chi connectivity index (χ0) is 11.3. The molecule has 0 spiro atoms. The summed E-state index contributed by atoms with van der Waals surface area (Å²) < 4.78 is 0. The van der Waals surface area contributed by atoms with Gasteiger partial charge < -0.3 is 10.2 Å². The Kier molecular flexibility index (Phi) is 25.6. The lowest BCUT2D eigenvalue weighted by atomic mass is 10.2. The van der Waals surface area contributed by atoms with Crippen LogP contribution in [0.1, 0.15) is 41.0 Å². The molecule has 0 aromatic carbocycles. The molecule has 13 heavy (non-hydrogen) atoms. The highest BCUT2D eigenvalue weighted by atomic mass is 15.1. The fraction of sp³-hybridized carbons (Fsp3) is 1.00. The molecular formula is C11H30N2. The van der Waals surface area contributed by atoms with E-state index in [-0.39, 0.29) is 0 Å². The molecule has 2 nitrogen and oxygen atoms in total. The van der Waals surface area contributed by atoms with Crippen LogP contribution in [0.5, 0.6) is 0 Å². The lowest BCUT2D eigenvalue weighted by Crippen LogP contribution is -2.35. The van der Waals surface area contributed by atoms with E-state index in [9.17, 15) is 0 Å². The van der Waals surface area contributed by atoms with Crippen molar-refractivity contribution < 1.29 is 0 Å². The maximum atomic E-state index is 3.24. The Bertz CT molecular complexity index is 59.1. The van der Waals surface area contributed by atoms with E-state index in [1.54, 1.807) is 0 Å². The highest BCUT2D eigenvalue weighted by Crippen LogP contribution is 1.89. The first-order chi connectivity index (χ1) is 6.20. The molecule has 0 fully saturated rings. The van der Waals surface area contributed by atoms with Crippen molar-refractivity contribution >= 4 is 0 Å². The predicted octanol–water partition coefficient (Wildman–Crippen LogP) is 2.60. The molecule has 0 aliphatic rings. The third-order valence-electron chi connectivity index (χ3n) is 1.49. The molecule has 1 unspecified atom stereocenters. The predicted molar refractivity (Wildman–Crippen MR) is 64.4 cm³/mol. The summed E-state index contributed by atoms with van der Waals surface area (Å²) in [6.07, 6.45) is 1.20. The van der Waals surface area contributed by atoms with Crippen LogP contribution in [0, 0.1) is 0 Å². The number of likely N-dealkylation sites (N-methyl/N-ethyl adjacent to an activating group) is 2. The molecule has 1 N–H and O–H groups in total. The molecule has 0 aliphatic heterocycles. The second kappa shape index (κ2) is 17.9. The van der Waals surface area contributed by atoms with E-state index in [1.807, 2.05) is 34.7 Å². The summed E-state index contributed by atoms with van der Waals surface area (Å²) in [7, 11) is 6.21. The van der Waals surface area contributed by atoms with Crippen molar-refractivity contribution in [1.29, 1.82) is 0 Å². The van der Waals surface area contributed by atoms with E-state index >= 15 is 0 Å². The molecule has 0 rings (SSSR count). The van der Waals surface area contributed by atoms with E-state index in [2.05, 4.69) is 31.2 Å². The summed E-state index contributed by atoms with van der Waals surface area (Å²) in [5.41, 5.74) is 0. The quantitative estimate of drug-likeness (QED) is 0.733. The van der Waals surface area contributed by atoms with Crippen LogP contribution in [-0.2, 0) is 0 Å². The van der Waals surface area contributed by atoms with E-state index in [4.69, 9.17) is 0 Å². The van der Waals surface area contributed by atoms with E-state index < -0.39 is 0 Å². The highest BCUT2D eigenvalue weighted by Gasteiger charge is 2.01. The third kappa shape index (κ3) is 18.7. The van der Waals surface area contributed by atoms with Gasteiger partial charge >= 0.3 is 0 Å². The third-order valence-corrected chi connectivity index (χ3v) is 1.49. The zero-order valence-electron chi connectivity index (χ0n) is 10.9. The van der Waals surface area contributed by atoms with Crippen LogP contribution < -0.4 is 5.32 Å². The van der Waals surface area contributed by atoms with Gasteiger partial charge in [0, 0.05) is 12.6 Å². The molecule has 0 heterocycles. The van der Waals surface area contributed by atoms with Crippen LogP contribution in [0.3, 0.4) is 0 Å². The minimum Gasteiger partial charge on any atom is -0.316 e. The van der Waals surface area contributed by atoms with Crippen LogP contribution in [0.15, 0.2) is 0 Å². The van der Waals surface area contributed by atoms with Gasteiger partial charge in [0.15, 0.2) is 0 Å². The van der Waals surface area contributed by atoms with Gasteiger partial charge in [0.2, 0.25) is 0 Å². The molecule has 0 aromatic heterocycles. The van der Waals surface area contributed by atoms with Crippen molar-refractivity contribution in [2.24, 2.45) is 0 Å². The summed E-state index contributed by atoms with van der Waals surface area (Å²) in [6, 6.07) is 0.653. The van der Waals surface area contributed by atoms with E-state index in [1.165, 1.54) is 6.42 Å². The van der Waals surface area contributed by atoms with Crippen molar-refractivity contribution in [2.45, 2.75) is 47.1 Å². The molecule has 2 heteroatoms.